The average Bonchev–Trinajstić information content (AvgIpc) is 3.03. The van der Waals surface area contributed by atoms with Gasteiger partial charge in [-0.1, -0.05) is 18.2 Å². The van der Waals surface area contributed by atoms with Crippen LogP contribution in [0.1, 0.15) is 23.7 Å². The van der Waals surface area contributed by atoms with Crippen molar-refractivity contribution in [2.45, 2.75) is 25.1 Å². The van der Waals surface area contributed by atoms with Crippen LogP contribution in [0.4, 0.5) is 18.9 Å². The van der Waals surface area contributed by atoms with Gasteiger partial charge in [0.1, 0.15) is 12.4 Å². The highest BCUT2D eigenvalue weighted by molar-refractivity contribution is 5.95. The van der Waals surface area contributed by atoms with Gasteiger partial charge in [0, 0.05) is 30.1 Å². The van der Waals surface area contributed by atoms with Gasteiger partial charge in [-0.25, -0.2) is 9.67 Å². The van der Waals surface area contributed by atoms with Gasteiger partial charge in [-0.2, -0.15) is 18.3 Å². The van der Waals surface area contributed by atoms with Crippen LogP contribution in [0.5, 0.6) is 0 Å². The van der Waals surface area contributed by atoms with E-state index in [9.17, 15) is 18.0 Å². The van der Waals surface area contributed by atoms with E-state index in [1.807, 2.05) is 0 Å². The fraction of sp³-hybridized carbons (Fsp3) is 0.222. The monoisotopic (exact) mass is 373 g/mol. The van der Waals surface area contributed by atoms with E-state index >= 15 is 0 Å². The lowest BCUT2D eigenvalue weighted by Crippen LogP contribution is -2.27. The number of carbonyl (C=O) groups excluding carboxylic acids is 1. The molecule has 1 aliphatic heterocycles. The number of nitrogens with one attached hydrogen (secondary N) is 1. The molecule has 27 heavy (non-hydrogen) atoms. The van der Waals surface area contributed by atoms with Crippen molar-refractivity contribution in [1.82, 2.24) is 19.7 Å². The third-order valence-corrected chi connectivity index (χ3v) is 4.26. The summed E-state index contributed by atoms with van der Waals surface area (Å²) in [4.78, 5) is 20.4. The van der Waals surface area contributed by atoms with Crippen molar-refractivity contribution in [3.05, 3.63) is 60.2 Å². The predicted molar refractivity (Wildman–Crippen MR) is 90.8 cm³/mol. The minimum absolute atomic E-state index is 0.0000431. The zero-order valence-corrected chi connectivity index (χ0v) is 13.9. The molecule has 1 atom stereocenters. The van der Waals surface area contributed by atoms with Gasteiger partial charge in [-0.05, 0) is 23.8 Å². The number of rotatable bonds is 3. The molecule has 0 fully saturated rings. The summed E-state index contributed by atoms with van der Waals surface area (Å²) in [6.45, 7) is -1.28. The second-order valence-corrected chi connectivity index (χ2v) is 6.20. The Balaban J connectivity index is 1.84. The fourth-order valence-electron chi connectivity index (χ4n) is 3.16. The van der Waals surface area contributed by atoms with Crippen molar-refractivity contribution in [3.63, 3.8) is 0 Å². The number of benzene rings is 1. The van der Waals surface area contributed by atoms with Crippen LogP contribution in [-0.4, -0.2) is 31.8 Å². The molecule has 0 aliphatic carbocycles. The summed E-state index contributed by atoms with van der Waals surface area (Å²) < 4.78 is 40.1. The highest BCUT2D eigenvalue weighted by Gasteiger charge is 2.35. The topological polar surface area (TPSA) is 72.7 Å². The van der Waals surface area contributed by atoms with Crippen LogP contribution in [0.25, 0.3) is 11.4 Å². The van der Waals surface area contributed by atoms with Gasteiger partial charge in [0.2, 0.25) is 5.91 Å². The summed E-state index contributed by atoms with van der Waals surface area (Å²) in [7, 11) is 0. The van der Waals surface area contributed by atoms with E-state index in [1.54, 1.807) is 42.6 Å². The van der Waals surface area contributed by atoms with Crippen molar-refractivity contribution in [3.8, 4) is 11.4 Å². The van der Waals surface area contributed by atoms with E-state index in [2.05, 4.69) is 20.4 Å². The van der Waals surface area contributed by atoms with Crippen LogP contribution in [-0.2, 0) is 11.3 Å². The molecule has 9 heteroatoms. The Morgan fingerprint density at radius 1 is 1.19 bits per heavy atom. The van der Waals surface area contributed by atoms with Crippen molar-refractivity contribution in [1.29, 1.82) is 0 Å². The maximum absolute atomic E-state index is 13.1. The van der Waals surface area contributed by atoms with Crippen LogP contribution in [0, 0.1) is 0 Å². The first-order chi connectivity index (χ1) is 12.9. The summed E-state index contributed by atoms with van der Waals surface area (Å²) in [5.41, 5.74) is 1.79. The molecule has 1 aromatic carbocycles. The quantitative estimate of drug-likeness (QED) is 0.764. The number of aromatic nitrogens is 4. The zero-order valence-electron chi connectivity index (χ0n) is 13.9. The van der Waals surface area contributed by atoms with E-state index < -0.39 is 18.6 Å². The van der Waals surface area contributed by atoms with Gasteiger partial charge < -0.3 is 5.32 Å². The van der Waals surface area contributed by atoms with Crippen molar-refractivity contribution < 1.29 is 18.0 Å². The molecule has 0 spiro atoms. The Labute approximate surface area is 152 Å². The molecule has 6 nitrogen and oxygen atoms in total. The molecule has 0 unspecified atom stereocenters. The van der Waals surface area contributed by atoms with Crippen LogP contribution >= 0.6 is 0 Å². The summed E-state index contributed by atoms with van der Waals surface area (Å²) in [5, 5.41) is 6.79. The lowest BCUT2D eigenvalue weighted by atomic mass is 9.90. The van der Waals surface area contributed by atoms with Gasteiger partial charge in [0.25, 0.3) is 0 Å². The minimum Gasteiger partial charge on any atom is -0.326 e. The average molecular weight is 373 g/mol. The Morgan fingerprint density at radius 3 is 2.74 bits per heavy atom. The van der Waals surface area contributed by atoms with Gasteiger partial charge in [-0.15, -0.1) is 0 Å². The number of nitrogens with zero attached hydrogens (tertiary/aromatic N) is 4. The number of para-hydroxylation sites is 1. The number of alkyl halides is 3. The molecule has 3 heterocycles. The van der Waals surface area contributed by atoms with E-state index in [1.165, 1.54) is 6.20 Å². The smallest absolute Gasteiger partial charge is 0.326 e. The molecule has 2 aromatic heterocycles. The first kappa shape index (κ1) is 17.2. The molecular formula is C18H14F3N5O. The number of carbonyl (C=O) groups is 1. The Bertz CT molecular complexity index is 984. The van der Waals surface area contributed by atoms with Crippen molar-refractivity contribution in [2.24, 2.45) is 0 Å². The summed E-state index contributed by atoms with van der Waals surface area (Å²) >= 11 is 0. The van der Waals surface area contributed by atoms with Crippen LogP contribution in [0.3, 0.4) is 0 Å². The van der Waals surface area contributed by atoms with Crippen molar-refractivity contribution >= 4 is 11.6 Å². The van der Waals surface area contributed by atoms with Gasteiger partial charge in [0.05, 0.1) is 5.92 Å². The van der Waals surface area contributed by atoms with Crippen LogP contribution in [0.15, 0.2) is 48.8 Å². The van der Waals surface area contributed by atoms with E-state index in [-0.39, 0.29) is 24.0 Å². The van der Waals surface area contributed by atoms with Gasteiger partial charge in [-0.3, -0.25) is 9.78 Å². The molecular weight excluding hydrogens is 359 g/mol. The maximum Gasteiger partial charge on any atom is 0.408 e. The summed E-state index contributed by atoms with van der Waals surface area (Å²) in [6.07, 6.45) is -1.43. The highest BCUT2D eigenvalue weighted by Crippen LogP contribution is 2.37. The molecule has 138 valence electrons. The standard InChI is InChI=1S/C18H14F3N5O/c19-18(20,21)10-26-17(24-16(25-26)11-4-3-7-22-9-11)13-8-15(27)23-14-6-2-1-5-12(13)14/h1-7,9,13H,8,10H2,(H,23,27)/t13-/m0/s1. The number of halogens is 3. The highest BCUT2D eigenvalue weighted by atomic mass is 19.4. The SMILES string of the molecule is O=C1C[C@H](c2nc(-c3cccnc3)nn2CC(F)(F)F)c2ccccc2N1. The third kappa shape index (κ3) is 3.53. The molecule has 0 bridgehead atoms. The summed E-state index contributed by atoms with van der Waals surface area (Å²) in [5.74, 6) is -0.641. The number of hydrogen-bond acceptors (Lipinski definition) is 4. The fourth-order valence-corrected chi connectivity index (χ4v) is 3.16. The largest absolute Gasteiger partial charge is 0.408 e. The number of fused-ring (bicyclic) bond motifs is 1. The second kappa shape index (κ2) is 6.49. The molecule has 1 N–H and O–H groups in total. The van der Waals surface area contributed by atoms with Crippen LogP contribution < -0.4 is 5.32 Å². The number of hydrogen-bond donors (Lipinski definition) is 1. The Morgan fingerprint density at radius 2 is 2.00 bits per heavy atom. The molecule has 1 aliphatic rings. The predicted octanol–water partition coefficient (Wildman–Crippen LogP) is 3.38. The van der Waals surface area contributed by atoms with E-state index in [0.29, 0.717) is 16.8 Å². The molecule has 3 aromatic rings. The lowest BCUT2D eigenvalue weighted by molar-refractivity contribution is -0.143. The zero-order chi connectivity index (χ0) is 19.0. The number of pyridine rings is 1. The van der Waals surface area contributed by atoms with E-state index in [4.69, 9.17) is 0 Å². The molecule has 1 amide bonds. The first-order valence-electron chi connectivity index (χ1n) is 8.21. The first-order valence-corrected chi connectivity index (χ1v) is 8.21. The molecule has 0 saturated heterocycles. The number of anilines is 1. The Kier molecular flexibility index (Phi) is 4.14. The minimum atomic E-state index is -4.47. The lowest BCUT2D eigenvalue weighted by Gasteiger charge is -2.25. The Hall–Kier alpha value is -3.23. The van der Waals surface area contributed by atoms with Crippen LogP contribution in [0.2, 0.25) is 0 Å². The van der Waals surface area contributed by atoms with Gasteiger partial charge in [0.15, 0.2) is 5.82 Å². The van der Waals surface area contributed by atoms with Gasteiger partial charge >= 0.3 is 6.18 Å². The molecule has 0 radical (unpaired) electrons. The molecule has 4 rings (SSSR count). The molecule has 0 saturated carbocycles. The third-order valence-electron chi connectivity index (χ3n) is 4.26. The van der Waals surface area contributed by atoms with Crippen molar-refractivity contribution in [2.75, 3.05) is 5.32 Å². The normalized spacial score (nSPS) is 16.7. The number of amides is 1. The van der Waals surface area contributed by atoms with E-state index in [0.717, 1.165) is 4.68 Å². The summed E-state index contributed by atoms with van der Waals surface area (Å²) in [6, 6.07) is 10.3. The maximum atomic E-state index is 13.1. The second-order valence-electron chi connectivity index (χ2n) is 6.20.